The quantitative estimate of drug-likeness (QED) is 0.133. The van der Waals surface area contributed by atoms with Gasteiger partial charge in [-0.3, -0.25) is 14.5 Å². The highest BCUT2D eigenvalue weighted by Gasteiger charge is 2.34. The van der Waals surface area contributed by atoms with Gasteiger partial charge in [0, 0.05) is 31.7 Å². The highest BCUT2D eigenvalue weighted by molar-refractivity contribution is 6.41. The molecule has 4 rings (SSSR count). The van der Waals surface area contributed by atoms with Crippen LogP contribution in [0.1, 0.15) is 88.3 Å². The Bertz CT molecular complexity index is 1270. The number of rotatable bonds is 14. The van der Waals surface area contributed by atoms with Crippen LogP contribution < -0.4 is 15.4 Å². The van der Waals surface area contributed by atoms with Crippen LogP contribution in [0.3, 0.4) is 0 Å². The molecular formula is C34H50BF3N4O7. The number of likely N-dealkylation sites (tertiary alicyclic amines) is 1. The number of alkyl halides is 3. The fourth-order valence-electron chi connectivity index (χ4n) is 5.43. The summed E-state index contributed by atoms with van der Waals surface area (Å²) < 4.78 is 41.3. The van der Waals surface area contributed by atoms with Crippen molar-refractivity contribution in [2.45, 2.75) is 104 Å². The minimum absolute atomic E-state index is 0.0284. The van der Waals surface area contributed by atoms with Crippen LogP contribution in [0, 0.1) is 0 Å². The topological polar surface area (TPSA) is 152 Å². The standard InChI is InChI=1S/C16H21BF3N3O5.C9H9NO2.C9H20/c18-16(19,20)28-13-6-2-1-4-11(13)8-21-9-14(24)23-7-3-5-12(23)15(25)22-10-17(26)27;11-9(12)10-5-7-3-1-2-4-8(7)6-10;1-3-5-7-9-8-6-4-2/h1-2,4,6,12,21,26-27H,3,5,7-10H2,(H,22,25);1-4H,5-6H2,(H,11,12);3-9H2,1-2H3. The molecule has 2 aromatic rings. The van der Waals surface area contributed by atoms with Crippen molar-refractivity contribution in [1.29, 1.82) is 0 Å². The van der Waals surface area contributed by atoms with Crippen molar-refractivity contribution in [2.24, 2.45) is 0 Å². The molecule has 5 N–H and O–H groups in total. The summed E-state index contributed by atoms with van der Waals surface area (Å²) >= 11 is 0. The molecule has 2 heterocycles. The lowest BCUT2D eigenvalue weighted by molar-refractivity contribution is -0.274. The average Bonchev–Trinajstić information content (AvgIpc) is 3.73. The van der Waals surface area contributed by atoms with Crippen LogP contribution in [0.5, 0.6) is 5.75 Å². The zero-order valence-electron chi connectivity index (χ0n) is 28.4. The van der Waals surface area contributed by atoms with E-state index in [9.17, 15) is 27.6 Å². The Labute approximate surface area is 287 Å². The SMILES string of the molecule is CCCCCCCCC.O=C(NCB(O)O)C1CCCN1C(=O)CNCc1ccccc1OC(F)(F)F.O=C(O)N1Cc2ccccc2C1. The number of amides is 3. The number of hydrogen-bond donors (Lipinski definition) is 5. The van der Waals surface area contributed by atoms with Crippen molar-refractivity contribution < 1.29 is 47.4 Å². The number of nitrogens with zero attached hydrogens (tertiary/aromatic N) is 2. The molecule has 1 unspecified atom stereocenters. The first-order valence-electron chi connectivity index (χ1n) is 16.9. The van der Waals surface area contributed by atoms with Crippen LogP contribution in [0.15, 0.2) is 48.5 Å². The maximum atomic E-state index is 12.4. The van der Waals surface area contributed by atoms with Gasteiger partial charge in [-0.15, -0.1) is 13.2 Å². The van der Waals surface area contributed by atoms with E-state index in [4.69, 9.17) is 15.2 Å². The smallest absolute Gasteiger partial charge is 0.465 e. The lowest BCUT2D eigenvalue weighted by Crippen LogP contribution is -2.50. The monoisotopic (exact) mass is 694 g/mol. The van der Waals surface area contributed by atoms with E-state index in [1.165, 1.54) is 72.9 Å². The van der Waals surface area contributed by atoms with Crippen LogP contribution in [-0.4, -0.2) is 81.9 Å². The molecule has 0 bridgehead atoms. The Morgan fingerprint density at radius 2 is 1.49 bits per heavy atom. The summed E-state index contributed by atoms with van der Waals surface area (Å²) in [7, 11) is -1.69. The first kappa shape index (κ1) is 41.4. The van der Waals surface area contributed by atoms with Gasteiger partial charge in [0.1, 0.15) is 11.8 Å². The number of ether oxygens (including phenoxy) is 1. The Morgan fingerprint density at radius 1 is 0.918 bits per heavy atom. The van der Waals surface area contributed by atoms with Crippen molar-refractivity contribution in [1.82, 2.24) is 20.4 Å². The Hall–Kier alpha value is -3.82. The van der Waals surface area contributed by atoms with Crippen molar-refractivity contribution in [3.05, 3.63) is 65.2 Å². The number of carbonyl (C=O) groups is 3. The molecule has 1 atom stereocenters. The molecule has 15 heteroatoms. The summed E-state index contributed by atoms with van der Waals surface area (Å²) in [6.45, 7) is 5.76. The minimum Gasteiger partial charge on any atom is -0.465 e. The van der Waals surface area contributed by atoms with E-state index in [0.29, 0.717) is 32.5 Å². The van der Waals surface area contributed by atoms with Crippen LogP contribution in [0.25, 0.3) is 0 Å². The number of unbranched alkanes of at least 4 members (excludes halogenated alkanes) is 6. The van der Waals surface area contributed by atoms with E-state index in [-0.39, 0.29) is 36.8 Å². The molecular weight excluding hydrogens is 644 g/mol. The van der Waals surface area contributed by atoms with Crippen molar-refractivity contribution in [3.8, 4) is 5.75 Å². The van der Waals surface area contributed by atoms with Crippen molar-refractivity contribution in [2.75, 3.05) is 19.5 Å². The molecule has 2 aliphatic rings. The number of carboxylic acid groups (broad SMARTS) is 1. The van der Waals surface area contributed by atoms with Gasteiger partial charge in [-0.05, 0) is 30.0 Å². The fraction of sp³-hybridized carbons (Fsp3) is 0.559. The van der Waals surface area contributed by atoms with E-state index in [2.05, 4.69) is 29.2 Å². The van der Waals surface area contributed by atoms with Crippen LogP contribution >= 0.6 is 0 Å². The lowest BCUT2D eigenvalue weighted by atomic mass is 9.92. The van der Waals surface area contributed by atoms with Gasteiger partial charge in [0.15, 0.2) is 0 Å². The van der Waals surface area contributed by atoms with Crippen LogP contribution in [0.2, 0.25) is 0 Å². The summed E-state index contributed by atoms with van der Waals surface area (Å²) in [6, 6.07) is 12.7. The number of hydrogen-bond acceptors (Lipinski definition) is 7. The Balaban J connectivity index is 0.000000322. The molecule has 1 saturated heterocycles. The Morgan fingerprint density at radius 3 is 2.04 bits per heavy atom. The second-order valence-electron chi connectivity index (χ2n) is 11.9. The predicted molar refractivity (Wildman–Crippen MR) is 180 cm³/mol. The third kappa shape index (κ3) is 16.0. The normalized spacial score (nSPS) is 15.0. The van der Waals surface area contributed by atoms with Crippen LogP contribution in [0.4, 0.5) is 18.0 Å². The number of fused-ring (bicyclic) bond motifs is 1. The molecule has 49 heavy (non-hydrogen) atoms. The number of carbonyl (C=O) groups excluding carboxylic acids is 2. The minimum atomic E-state index is -4.82. The van der Waals surface area contributed by atoms with Gasteiger partial charge in [0.2, 0.25) is 11.8 Å². The van der Waals surface area contributed by atoms with E-state index in [1.807, 2.05) is 24.3 Å². The molecule has 0 radical (unpaired) electrons. The van der Waals surface area contributed by atoms with Crippen LogP contribution in [-0.2, 0) is 29.2 Å². The van der Waals surface area contributed by atoms with E-state index < -0.39 is 31.5 Å². The Kier molecular flexibility index (Phi) is 18.6. The summed E-state index contributed by atoms with van der Waals surface area (Å²) in [6.07, 6.45) is 5.04. The zero-order valence-corrected chi connectivity index (χ0v) is 28.4. The van der Waals surface area contributed by atoms with Gasteiger partial charge in [-0.2, -0.15) is 0 Å². The molecule has 0 aliphatic carbocycles. The largest absolute Gasteiger partial charge is 0.573 e. The molecule has 11 nitrogen and oxygen atoms in total. The summed E-state index contributed by atoms with van der Waals surface area (Å²) in [5, 5.41) is 31.4. The molecule has 0 aromatic heterocycles. The first-order chi connectivity index (χ1) is 23.4. The molecule has 3 amide bonds. The van der Waals surface area contributed by atoms with E-state index >= 15 is 0 Å². The maximum absolute atomic E-state index is 12.4. The predicted octanol–water partition coefficient (Wildman–Crippen LogP) is 5.23. The van der Waals surface area contributed by atoms with Crippen molar-refractivity contribution in [3.63, 3.8) is 0 Å². The van der Waals surface area contributed by atoms with Gasteiger partial charge in [-0.25, -0.2) is 4.79 Å². The second-order valence-corrected chi connectivity index (χ2v) is 11.9. The number of nitrogens with one attached hydrogen (secondary N) is 2. The van der Waals surface area contributed by atoms with E-state index in [1.54, 1.807) is 6.07 Å². The third-order valence-corrected chi connectivity index (χ3v) is 7.94. The van der Waals surface area contributed by atoms with E-state index in [0.717, 1.165) is 11.1 Å². The zero-order chi connectivity index (χ0) is 36.2. The second kappa shape index (κ2) is 22.0. The first-order valence-corrected chi connectivity index (χ1v) is 16.9. The molecule has 0 spiro atoms. The van der Waals surface area contributed by atoms with Gasteiger partial charge in [0.25, 0.3) is 0 Å². The third-order valence-electron chi connectivity index (χ3n) is 7.94. The van der Waals surface area contributed by atoms with Gasteiger partial charge >= 0.3 is 19.6 Å². The number of para-hydroxylation sites is 1. The summed E-state index contributed by atoms with van der Waals surface area (Å²) in [5.74, 6) is -1.21. The van der Waals surface area contributed by atoms with Gasteiger partial charge in [-0.1, -0.05) is 101 Å². The fourth-order valence-corrected chi connectivity index (χ4v) is 5.43. The van der Waals surface area contributed by atoms with Gasteiger partial charge in [0.05, 0.1) is 13.0 Å². The number of benzene rings is 2. The molecule has 1 fully saturated rings. The number of halogens is 3. The molecule has 2 aromatic carbocycles. The van der Waals surface area contributed by atoms with Crippen molar-refractivity contribution >= 4 is 25.0 Å². The average molecular weight is 695 g/mol. The molecule has 272 valence electrons. The summed E-state index contributed by atoms with van der Waals surface area (Å²) in [4.78, 5) is 37.8. The molecule has 2 aliphatic heterocycles. The highest BCUT2D eigenvalue weighted by Crippen LogP contribution is 2.26. The lowest BCUT2D eigenvalue weighted by Gasteiger charge is -2.24. The van der Waals surface area contributed by atoms with Gasteiger partial charge < -0.3 is 35.4 Å². The molecule has 0 saturated carbocycles. The maximum Gasteiger partial charge on any atom is 0.573 e. The summed E-state index contributed by atoms with van der Waals surface area (Å²) in [5.41, 5.74) is 2.49. The highest BCUT2D eigenvalue weighted by atomic mass is 19.4.